The van der Waals surface area contributed by atoms with Crippen LogP contribution in [0.2, 0.25) is 0 Å². The molecule has 0 amide bonds. The maximum atomic E-state index is 9.87. The summed E-state index contributed by atoms with van der Waals surface area (Å²) in [6.07, 6.45) is 2.04. The smallest absolute Gasteiger partial charge is 0.0791 e. The number of nitrogens with one attached hydrogen (secondary N) is 1. The van der Waals surface area contributed by atoms with E-state index in [1.165, 1.54) is 0 Å². The van der Waals surface area contributed by atoms with E-state index in [1.807, 2.05) is 0 Å². The number of aliphatic hydroxyl groups is 1. The molecule has 1 fully saturated rings. The Morgan fingerprint density at radius 1 is 1.35 bits per heavy atom. The molecule has 0 aromatic carbocycles. The Balaban J connectivity index is 2.12. The van der Waals surface area contributed by atoms with E-state index in [2.05, 4.69) is 31.1 Å². The van der Waals surface area contributed by atoms with Crippen molar-refractivity contribution < 1.29 is 9.84 Å². The third-order valence-corrected chi connectivity index (χ3v) is 3.19. The summed E-state index contributed by atoms with van der Waals surface area (Å²) >= 11 is 0. The van der Waals surface area contributed by atoms with E-state index in [9.17, 15) is 5.11 Å². The first-order chi connectivity index (χ1) is 8.08. The maximum absolute atomic E-state index is 9.87. The first-order valence-electron chi connectivity index (χ1n) is 6.75. The molecule has 17 heavy (non-hydrogen) atoms. The second-order valence-electron chi connectivity index (χ2n) is 5.49. The minimum atomic E-state index is -0.276. The van der Waals surface area contributed by atoms with Crippen LogP contribution in [0.3, 0.4) is 0 Å². The third kappa shape index (κ3) is 6.99. The van der Waals surface area contributed by atoms with E-state index in [4.69, 9.17) is 4.74 Å². The van der Waals surface area contributed by atoms with Gasteiger partial charge in [-0.05, 0) is 25.8 Å². The summed E-state index contributed by atoms with van der Waals surface area (Å²) in [6, 6.07) is 0.436. The fourth-order valence-corrected chi connectivity index (χ4v) is 2.24. The molecule has 2 N–H and O–H groups in total. The van der Waals surface area contributed by atoms with Crippen molar-refractivity contribution >= 4 is 0 Å². The van der Waals surface area contributed by atoms with Crippen LogP contribution < -0.4 is 5.32 Å². The molecule has 1 atom stereocenters. The van der Waals surface area contributed by atoms with Crippen molar-refractivity contribution in [2.75, 3.05) is 39.9 Å². The Morgan fingerprint density at radius 3 is 2.59 bits per heavy atom. The summed E-state index contributed by atoms with van der Waals surface area (Å²) in [6.45, 7) is 8.48. The van der Waals surface area contributed by atoms with Crippen LogP contribution in [0.15, 0.2) is 0 Å². The fraction of sp³-hybridized carbons (Fsp3) is 1.00. The van der Waals surface area contributed by atoms with Crippen LogP contribution in [-0.4, -0.2) is 62.0 Å². The Hall–Kier alpha value is -0.160. The zero-order valence-corrected chi connectivity index (χ0v) is 11.5. The SMILES string of the molecule is CC(C)NCC(O)CN(C)CC1CCOCC1. The van der Waals surface area contributed by atoms with Gasteiger partial charge in [0.25, 0.3) is 0 Å². The van der Waals surface area contributed by atoms with Crippen LogP contribution in [0.25, 0.3) is 0 Å². The van der Waals surface area contributed by atoms with E-state index in [0.717, 1.165) is 45.1 Å². The molecule has 1 aliphatic rings. The molecule has 0 radical (unpaired) electrons. The van der Waals surface area contributed by atoms with E-state index >= 15 is 0 Å². The predicted octanol–water partition coefficient (Wildman–Crippen LogP) is 0.704. The lowest BCUT2D eigenvalue weighted by Crippen LogP contribution is -2.40. The number of rotatable bonds is 7. The predicted molar refractivity (Wildman–Crippen MR) is 70.2 cm³/mol. The van der Waals surface area contributed by atoms with Crippen LogP contribution in [0, 0.1) is 5.92 Å². The molecule has 1 heterocycles. The van der Waals surface area contributed by atoms with Crippen molar-refractivity contribution in [1.82, 2.24) is 10.2 Å². The molecule has 1 unspecified atom stereocenters. The lowest BCUT2D eigenvalue weighted by molar-refractivity contribution is 0.0477. The number of likely N-dealkylation sites (N-methyl/N-ethyl adjacent to an activating group) is 1. The lowest BCUT2D eigenvalue weighted by Gasteiger charge is -2.28. The highest BCUT2D eigenvalue weighted by molar-refractivity contribution is 4.71. The minimum absolute atomic E-state index is 0.276. The Morgan fingerprint density at radius 2 is 2.00 bits per heavy atom. The monoisotopic (exact) mass is 244 g/mol. The van der Waals surface area contributed by atoms with Crippen LogP contribution in [0.5, 0.6) is 0 Å². The van der Waals surface area contributed by atoms with Crippen molar-refractivity contribution in [3.63, 3.8) is 0 Å². The second kappa shape index (κ2) is 8.03. The van der Waals surface area contributed by atoms with Crippen LogP contribution in [-0.2, 0) is 4.74 Å². The Bertz CT molecular complexity index is 194. The highest BCUT2D eigenvalue weighted by atomic mass is 16.5. The number of hydrogen-bond acceptors (Lipinski definition) is 4. The summed E-state index contributed by atoms with van der Waals surface area (Å²) in [5.41, 5.74) is 0. The van der Waals surface area contributed by atoms with Gasteiger partial charge >= 0.3 is 0 Å². The van der Waals surface area contributed by atoms with Gasteiger partial charge in [0.15, 0.2) is 0 Å². The summed E-state index contributed by atoms with van der Waals surface area (Å²) in [5, 5.41) is 13.1. The second-order valence-corrected chi connectivity index (χ2v) is 5.49. The molecule has 0 spiro atoms. The van der Waals surface area contributed by atoms with Gasteiger partial charge in [0, 0.05) is 38.9 Å². The molecule has 102 valence electrons. The average molecular weight is 244 g/mol. The van der Waals surface area contributed by atoms with Gasteiger partial charge < -0.3 is 20.1 Å². The molecule has 1 aliphatic heterocycles. The van der Waals surface area contributed by atoms with E-state index in [-0.39, 0.29) is 6.10 Å². The van der Waals surface area contributed by atoms with E-state index in [1.54, 1.807) is 0 Å². The van der Waals surface area contributed by atoms with Crippen LogP contribution >= 0.6 is 0 Å². The lowest BCUT2D eigenvalue weighted by atomic mass is 10.00. The van der Waals surface area contributed by atoms with Gasteiger partial charge in [-0.2, -0.15) is 0 Å². The van der Waals surface area contributed by atoms with Gasteiger partial charge in [0.05, 0.1) is 6.10 Å². The van der Waals surface area contributed by atoms with E-state index in [0.29, 0.717) is 12.6 Å². The van der Waals surface area contributed by atoms with Gasteiger partial charge in [0.1, 0.15) is 0 Å². The van der Waals surface area contributed by atoms with Crippen LogP contribution in [0.1, 0.15) is 26.7 Å². The molecule has 0 bridgehead atoms. The minimum Gasteiger partial charge on any atom is -0.390 e. The standard InChI is InChI=1S/C13H28N2O2/c1-11(2)14-8-13(16)10-15(3)9-12-4-6-17-7-5-12/h11-14,16H,4-10H2,1-3H3. The number of hydrogen-bond donors (Lipinski definition) is 2. The molecule has 4 heteroatoms. The topological polar surface area (TPSA) is 44.7 Å². The third-order valence-electron chi connectivity index (χ3n) is 3.19. The molecule has 0 saturated carbocycles. The molecule has 4 nitrogen and oxygen atoms in total. The largest absolute Gasteiger partial charge is 0.390 e. The van der Waals surface area contributed by atoms with Crippen molar-refractivity contribution in [3.8, 4) is 0 Å². The normalized spacial score (nSPS) is 20.1. The molecular formula is C13H28N2O2. The highest BCUT2D eigenvalue weighted by Crippen LogP contribution is 2.15. The molecule has 0 aliphatic carbocycles. The highest BCUT2D eigenvalue weighted by Gasteiger charge is 2.17. The molecule has 1 saturated heterocycles. The summed E-state index contributed by atoms with van der Waals surface area (Å²) in [4.78, 5) is 2.24. The molecule has 0 aromatic rings. The van der Waals surface area contributed by atoms with Crippen LogP contribution in [0.4, 0.5) is 0 Å². The summed E-state index contributed by atoms with van der Waals surface area (Å²) in [5.74, 6) is 0.735. The van der Waals surface area contributed by atoms with Gasteiger partial charge in [-0.25, -0.2) is 0 Å². The zero-order valence-electron chi connectivity index (χ0n) is 11.5. The van der Waals surface area contributed by atoms with E-state index < -0.39 is 0 Å². The van der Waals surface area contributed by atoms with Crippen molar-refractivity contribution in [1.29, 1.82) is 0 Å². The Kier molecular flexibility index (Phi) is 7.04. The first kappa shape index (κ1) is 14.9. The fourth-order valence-electron chi connectivity index (χ4n) is 2.24. The molecule has 0 aromatic heterocycles. The summed E-state index contributed by atoms with van der Waals surface area (Å²) in [7, 11) is 2.09. The number of aliphatic hydroxyl groups excluding tert-OH is 1. The number of ether oxygens (including phenoxy) is 1. The van der Waals surface area contributed by atoms with Crippen molar-refractivity contribution in [2.24, 2.45) is 5.92 Å². The quantitative estimate of drug-likeness (QED) is 0.692. The summed E-state index contributed by atoms with van der Waals surface area (Å²) < 4.78 is 5.35. The van der Waals surface area contributed by atoms with Crippen molar-refractivity contribution in [2.45, 2.75) is 38.8 Å². The van der Waals surface area contributed by atoms with Gasteiger partial charge in [-0.15, -0.1) is 0 Å². The van der Waals surface area contributed by atoms with Crippen molar-refractivity contribution in [3.05, 3.63) is 0 Å². The number of nitrogens with zero attached hydrogens (tertiary/aromatic N) is 1. The average Bonchev–Trinajstić information content (AvgIpc) is 2.27. The zero-order chi connectivity index (χ0) is 12.7. The Labute approximate surface area is 105 Å². The van der Waals surface area contributed by atoms with Gasteiger partial charge in [0.2, 0.25) is 0 Å². The molecular weight excluding hydrogens is 216 g/mol. The van der Waals surface area contributed by atoms with Gasteiger partial charge in [-0.3, -0.25) is 0 Å². The molecule has 1 rings (SSSR count). The van der Waals surface area contributed by atoms with Gasteiger partial charge in [-0.1, -0.05) is 13.8 Å². The maximum Gasteiger partial charge on any atom is 0.0791 e. The first-order valence-corrected chi connectivity index (χ1v) is 6.75.